The molecule has 0 atom stereocenters. The quantitative estimate of drug-likeness (QED) is 0.159. The monoisotopic (exact) mass is 933 g/mol. The molecule has 344 valence electrons. The van der Waals surface area contributed by atoms with Gasteiger partial charge in [-0.2, -0.15) is 0 Å². The number of nitrogens with zero attached hydrogens (tertiary/aromatic N) is 3. The Bertz CT molecular complexity index is 4520. The third-order valence-corrected chi connectivity index (χ3v) is 15.7. The summed E-state index contributed by atoms with van der Waals surface area (Å²) in [5.41, 5.74) is 21.7. The molecule has 11 aromatic carbocycles. The van der Waals surface area contributed by atoms with Gasteiger partial charge in [0.15, 0.2) is 5.58 Å². The lowest BCUT2D eigenvalue weighted by Crippen LogP contribution is -2.16. The molecule has 3 aromatic heterocycles. The number of hydrogen-bond acceptors (Lipinski definition) is 2. The van der Waals surface area contributed by atoms with Gasteiger partial charge in [-0.05, 0) is 142 Å². The molecule has 0 bridgehead atoms. The van der Waals surface area contributed by atoms with Gasteiger partial charge in [0.2, 0.25) is 0 Å². The van der Waals surface area contributed by atoms with E-state index in [-0.39, 0.29) is 5.41 Å². The predicted octanol–water partition coefficient (Wildman–Crippen LogP) is 18.9. The minimum absolute atomic E-state index is 0.272. The van der Waals surface area contributed by atoms with E-state index in [2.05, 4.69) is 271 Å². The highest BCUT2D eigenvalue weighted by atomic mass is 16.3. The molecule has 0 amide bonds. The second-order valence-corrected chi connectivity index (χ2v) is 20.1. The Labute approximate surface area is 422 Å². The Morgan fingerprint density at radius 2 is 0.849 bits per heavy atom. The lowest BCUT2D eigenvalue weighted by Gasteiger charge is -2.28. The number of anilines is 3. The Kier molecular flexibility index (Phi) is 8.97. The van der Waals surface area contributed by atoms with E-state index in [1.807, 2.05) is 6.07 Å². The van der Waals surface area contributed by atoms with Gasteiger partial charge < -0.3 is 18.5 Å². The first-order valence-electron chi connectivity index (χ1n) is 25.2. The second kappa shape index (κ2) is 15.8. The second-order valence-electron chi connectivity index (χ2n) is 20.1. The van der Waals surface area contributed by atoms with Gasteiger partial charge in [0.05, 0.1) is 27.8 Å². The summed E-state index contributed by atoms with van der Waals surface area (Å²) in [7, 11) is 0. The summed E-state index contributed by atoms with van der Waals surface area (Å²) in [5, 5.41) is 7.22. The summed E-state index contributed by atoms with van der Waals surface area (Å²) in [5.74, 6) is 0. The van der Waals surface area contributed by atoms with Gasteiger partial charge in [0.25, 0.3) is 0 Å². The number of fused-ring (bicyclic) bond motifs is 12. The van der Waals surface area contributed by atoms with Crippen molar-refractivity contribution in [3.05, 3.63) is 260 Å². The summed E-state index contributed by atoms with van der Waals surface area (Å²) in [6.45, 7) is 4.77. The van der Waals surface area contributed by atoms with E-state index in [0.29, 0.717) is 0 Å². The summed E-state index contributed by atoms with van der Waals surface area (Å²) in [4.78, 5) is 2.39. The first-order valence-corrected chi connectivity index (χ1v) is 25.2. The molecule has 73 heavy (non-hydrogen) atoms. The van der Waals surface area contributed by atoms with Crippen molar-refractivity contribution in [1.82, 2.24) is 9.13 Å². The highest BCUT2D eigenvalue weighted by Crippen LogP contribution is 2.53. The standard InChI is InChI=1S/C69H47N3O/c1-69(2)60-41-46(45-32-39-64-59(40-45)55-21-10-13-25-63(55)71(64)48-16-5-3-6-17-48)30-36-52(60)53-38-35-51(43-61(53)69)70(65-26-15-23-58-57-22-11-14-27-67(57)73-68(58)65)50-33-28-44(29-34-50)47-31-37-56-54-20-9-12-24-62(54)72(66(56)42-47)49-18-7-4-8-19-49/h3-43H,1-2H3. The third kappa shape index (κ3) is 6.27. The van der Waals surface area contributed by atoms with Crippen LogP contribution >= 0.6 is 0 Å². The largest absolute Gasteiger partial charge is 0.454 e. The van der Waals surface area contributed by atoms with Crippen molar-refractivity contribution in [2.45, 2.75) is 19.3 Å². The topological polar surface area (TPSA) is 26.2 Å². The van der Waals surface area contributed by atoms with Crippen LogP contribution in [0.25, 0.3) is 110 Å². The first kappa shape index (κ1) is 41.4. The molecule has 1 aliphatic carbocycles. The lowest BCUT2D eigenvalue weighted by atomic mass is 9.81. The smallest absolute Gasteiger partial charge is 0.159 e. The molecule has 0 unspecified atom stereocenters. The van der Waals surface area contributed by atoms with Gasteiger partial charge in [0, 0.05) is 60.5 Å². The highest BCUT2D eigenvalue weighted by Gasteiger charge is 2.37. The molecule has 4 heteroatoms. The molecule has 0 N–H and O–H groups in total. The minimum Gasteiger partial charge on any atom is -0.454 e. The van der Waals surface area contributed by atoms with Crippen molar-refractivity contribution in [3.63, 3.8) is 0 Å². The number of rotatable bonds is 7. The number of para-hydroxylation sites is 6. The van der Waals surface area contributed by atoms with Gasteiger partial charge in [0.1, 0.15) is 5.58 Å². The van der Waals surface area contributed by atoms with Crippen LogP contribution in [0.4, 0.5) is 17.1 Å². The average Bonchev–Trinajstić information content (AvgIpc) is 4.16. The van der Waals surface area contributed by atoms with Crippen LogP contribution in [-0.2, 0) is 5.41 Å². The van der Waals surface area contributed by atoms with E-state index in [9.17, 15) is 0 Å². The normalized spacial score (nSPS) is 12.9. The van der Waals surface area contributed by atoms with Gasteiger partial charge in [-0.1, -0.05) is 166 Å². The van der Waals surface area contributed by atoms with Crippen LogP contribution in [0.1, 0.15) is 25.0 Å². The maximum absolute atomic E-state index is 6.78. The molecule has 4 nitrogen and oxygen atoms in total. The van der Waals surface area contributed by atoms with Crippen molar-refractivity contribution in [3.8, 4) is 44.8 Å². The number of benzene rings is 11. The Morgan fingerprint density at radius 3 is 1.59 bits per heavy atom. The maximum Gasteiger partial charge on any atom is 0.159 e. The zero-order valence-electron chi connectivity index (χ0n) is 40.4. The van der Waals surface area contributed by atoms with Crippen molar-refractivity contribution >= 4 is 82.6 Å². The first-order chi connectivity index (χ1) is 36.0. The molecular weight excluding hydrogens is 887 g/mol. The van der Waals surface area contributed by atoms with Crippen LogP contribution < -0.4 is 4.90 Å². The van der Waals surface area contributed by atoms with Gasteiger partial charge in [-0.25, -0.2) is 0 Å². The van der Waals surface area contributed by atoms with Crippen molar-refractivity contribution in [1.29, 1.82) is 0 Å². The van der Waals surface area contributed by atoms with E-state index in [1.54, 1.807) is 0 Å². The van der Waals surface area contributed by atoms with Crippen molar-refractivity contribution < 1.29 is 4.42 Å². The average molecular weight is 934 g/mol. The lowest BCUT2D eigenvalue weighted by molar-refractivity contribution is 0.660. The van der Waals surface area contributed by atoms with Crippen molar-refractivity contribution in [2.24, 2.45) is 0 Å². The molecule has 0 saturated heterocycles. The molecule has 0 spiro atoms. The summed E-state index contributed by atoms with van der Waals surface area (Å²) < 4.78 is 11.6. The number of hydrogen-bond donors (Lipinski definition) is 0. The predicted molar refractivity (Wildman–Crippen MR) is 306 cm³/mol. The molecule has 1 aliphatic rings. The van der Waals surface area contributed by atoms with Crippen LogP contribution in [-0.4, -0.2) is 9.13 Å². The third-order valence-electron chi connectivity index (χ3n) is 15.7. The summed E-state index contributed by atoms with van der Waals surface area (Å²) in [6, 6.07) is 90.8. The van der Waals surface area contributed by atoms with E-state index < -0.39 is 0 Å². The molecule has 0 saturated carbocycles. The van der Waals surface area contributed by atoms with E-state index in [1.165, 1.54) is 88.2 Å². The minimum atomic E-state index is -0.272. The van der Waals surface area contributed by atoms with Gasteiger partial charge >= 0.3 is 0 Å². The van der Waals surface area contributed by atoms with Gasteiger partial charge in [-0.15, -0.1) is 0 Å². The molecular formula is C69H47N3O. The molecule has 15 rings (SSSR count). The zero-order chi connectivity index (χ0) is 48.4. The highest BCUT2D eigenvalue weighted by molar-refractivity contribution is 6.13. The summed E-state index contributed by atoms with van der Waals surface area (Å²) >= 11 is 0. The van der Waals surface area contributed by atoms with Crippen molar-refractivity contribution in [2.75, 3.05) is 4.90 Å². The molecule has 0 aliphatic heterocycles. The molecule has 14 aromatic rings. The SMILES string of the molecule is CC1(C)c2cc(-c3ccc4c(c3)c3ccccc3n4-c3ccccc3)ccc2-c2ccc(N(c3ccc(-c4ccc5c6ccccc6n(-c6ccccc6)c5c4)cc3)c3cccc4c3oc3ccccc34)cc21. The molecule has 3 heterocycles. The molecule has 0 fully saturated rings. The Morgan fingerprint density at radius 1 is 0.342 bits per heavy atom. The number of aromatic nitrogens is 2. The fraction of sp³-hybridized carbons (Fsp3) is 0.0435. The van der Waals surface area contributed by atoms with E-state index in [4.69, 9.17) is 4.42 Å². The Hall–Kier alpha value is -9.38. The number of furan rings is 1. The van der Waals surface area contributed by atoms with E-state index >= 15 is 0 Å². The van der Waals surface area contributed by atoms with Gasteiger partial charge in [-0.3, -0.25) is 0 Å². The molecule has 0 radical (unpaired) electrons. The maximum atomic E-state index is 6.78. The fourth-order valence-corrected chi connectivity index (χ4v) is 12.2. The van der Waals surface area contributed by atoms with Crippen LogP contribution in [0.5, 0.6) is 0 Å². The zero-order valence-corrected chi connectivity index (χ0v) is 40.4. The van der Waals surface area contributed by atoms with Crippen LogP contribution in [0.2, 0.25) is 0 Å². The van der Waals surface area contributed by atoms with Crippen LogP contribution in [0.15, 0.2) is 253 Å². The fourth-order valence-electron chi connectivity index (χ4n) is 12.2. The summed E-state index contributed by atoms with van der Waals surface area (Å²) in [6.07, 6.45) is 0. The van der Waals surface area contributed by atoms with E-state index in [0.717, 1.165) is 50.3 Å². The van der Waals surface area contributed by atoms with Crippen LogP contribution in [0.3, 0.4) is 0 Å². The van der Waals surface area contributed by atoms with Crippen LogP contribution in [0, 0.1) is 0 Å². The Balaban J connectivity index is 0.837.